The number of hydrogen-bond acceptors (Lipinski definition) is 4. The Labute approximate surface area is 90.5 Å². The van der Waals surface area contributed by atoms with E-state index in [2.05, 4.69) is 22.3 Å². The van der Waals surface area contributed by atoms with Gasteiger partial charge in [-0.05, 0) is 26.3 Å². The van der Waals surface area contributed by atoms with E-state index in [1.807, 2.05) is 11.7 Å². The van der Waals surface area contributed by atoms with Crippen LogP contribution in [0.1, 0.15) is 26.2 Å². The summed E-state index contributed by atoms with van der Waals surface area (Å²) < 4.78 is 1.81. The first-order valence-corrected chi connectivity index (χ1v) is 5.38. The highest BCUT2D eigenvalue weighted by molar-refractivity contribution is 4.84. The minimum atomic E-state index is -0.138. The summed E-state index contributed by atoms with van der Waals surface area (Å²) in [6, 6.07) is 0. The molecule has 1 aromatic heterocycles. The maximum Gasteiger partial charge on any atom is 0.137 e. The van der Waals surface area contributed by atoms with Crippen LogP contribution in [-0.4, -0.2) is 39.1 Å². The number of hydrogen-bond donors (Lipinski definition) is 2. The summed E-state index contributed by atoms with van der Waals surface area (Å²) in [6.07, 6.45) is 6.11. The highest BCUT2D eigenvalue weighted by Crippen LogP contribution is 2.16. The zero-order valence-corrected chi connectivity index (χ0v) is 9.48. The molecule has 2 N–H and O–H groups in total. The third-order valence-corrected chi connectivity index (χ3v) is 3.02. The number of aromatic nitrogens is 3. The van der Waals surface area contributed by atoms with Gasteiger partial charge in [-0.2, -0.15) is 5.10 Å². The molecule has 1 rings (SSSR count). The summed E-state index contributed by atoms with van der Waals surface area (Å²) in [4.78, 5) is 3.88. The van der Waals surface area contributed by atoms with Gasteiger partial charge in [0.1, 0.15) is 12.7 Å². The highest BCUT2D eigenvalue weighted by atomic mass is 16.3. The summed E-state index contributed by atoms with van der Waals surface area (Å²) in [6.45, 7) is 3.11. The third-order valence-electron chi connectivity index (χ3n) is 3.02. The summed E-state index contributed by atoms with van der Waals surface area (Å²) in [5.41, 5.74) is -0.138. The Hall–Kier alpha value is -0.940. The number of nitrogens with zero attached hydrogens (tertiary/aromatic N) is 3. The molecule has 0 fully saturated rings. The van der Waals surface area contributed by atoms with E-state index in [1.54, 1.807) is 6.33 Å². The van der Waals surface area contributed by atoms with E-state index in [1.165, 1.54) is 6.33 Å². The zero-order chi connectivity index (χ0) is 11.1. The largest absolute Gasteiger partial charge is 0.394 e. The van der Waals surface area contributed by atoms with Crippen LogP contribution in [0.3, 0.4) is 0 Å². The van der Waals surface area contributed by atoms with Gasteiger partial charge in [0.2, 0.25) is 0 Å². The molecule has 0 saturated carbocycles. The van der Waals surface area contributed by atoms with Crippen molar-refractivity contribution >= 4 is 0 Å². The predicted molar refractivity (Wildman–Crippen MR) is 58.4 cm³/mol. The number of rotatable bonds is 7. The maximum absolute atomic E-state index is 9.34. The van der Waals surface area contributed by atoms with Crippen molar-refractivity contribution in [2.24, 2.45) is 0 Å². The molecule has 86 valence electrons. The Morgan fingerprint density at radius 1 is 1.53 bits per heavy atom. The summed E-state index contributed by atoms with van der Waals surface area (Å²) in [5.74, 6) is 0. The van der Waals surface area contributed by atoms with Crippen LogP contribution in [0.4, 0.5) is 0 Å². The van der Waals surface area contributed by atoms with Crippen molar-refractivity contribution < 1.29 is 5.11 Å². The van der Waals surface area contributed by atoms with Crippen molar-refractivity contribution in [2.75, 3.05) is 13.7 Å². The van der Waals surface area contributed by atoms with Crippen molar-refractivity contribution in [1.82, 2.24) is 20.1 Å². The fourth-order valence-corrected chi connectivity index (χ4v) is 1.68. The molecule has 5 nitrogen and oxygen atoms in total. The van der Waals surface area contributed by atoms with Gasteiger partial charge in [0.25, 0.3) is 0 Å². The van der Waals surface area contributed by atoms with E-state index < -0.39 is 0 Å². The molecule has 1 heterocycles. The first-order valence-electron chi connectivity index (χ1n) is 5.38. The SMILES string of the molecule is CCC(CO)(CCCn1cncn1)NC. The van der Waals surface area contributed by atoms with Crippen LogP contribution in [-0.2, 0) is 6.54 Å². The minimum Gasteiger partial charge on any atom is -0.394 e. The zero-order valence-electron chi connectivity index (χ0n) is 9.48. The second-order valence-electron chi connectivity index (χ2n) is 3.80. The van der Waals surface area contributed by atoms with E-state index in [-0.39, 0.29) is 12.1 Å². The molecule has 0 aliphatic heterocycles. The quantitative estimate of drug-likeness (QED) is 0.687. The van der Waals surface area contributed by atoms with Gasteiger partial charge in [0.15, 0.2) is 0 Å². The normalized spacial score (nSPS) is 15.1. The van der Waals surface area contributed by atoms with E-state index in [0.717, 1.165) is 25.8 Å². The number of aliphatic hydroxyl groups is 1. The average Bonchev–Trinajstić information content (AvgIpc) is 2.78. The topological polar surface area (TPSA) is 63.0 Å². The number of likely N-dealkylation sites (N-methyl/N-ethyl adjacent to an activating group) is 1. The Morgan fingerprint density at radius 2 is 2.33 bits per heavy atom. The molecular weight excluding hydrogens is 192 g/mol. The molecule has 15 heavy (non-hydrogen) atoms. The average molecular weight is 212 g/mol. The number of nitrogens with one attached hydrogen (secondary N) is 1. The van der Waals surface area contributed by atoms with Crippen LogP contribution in [0.15, 0.2) is 12.7 Å². The van der Waals surface area contributed by atoms with Crippen molar-refractivity contribution in [3.8, 4) is 0 Å². The monoisotopic (exact) mass is 212 g/mol. The van der Waals surface area contributed by atoms with Gasteiger partial charge in [-0.15, -0.1) is 0 Å². The molecule has 0 radical (unpaired) electrons. The van der Waals surface area contributed by atoms with Crippen LogP contribution in [0.25, 0.3) is 0 Å². The molecule has 1 aromatic rings. The highest BCUT2D eigenvalue weighted by Gasteiger charge is 2.24. The molecular formula is C10H20N4O. The van der Waals surface area contributed by atoms with Gasteiger partial charge < -0.3 is 10.4 Å². The molecule has 1 atom stereocenters. The summed E-state index contributed by atoms with van der Waals surface area (Å²) in [5, 5.41) is 16.6. The third kappa shape index (κ3) is 3.28. The molecule has 0 amide bonds. The van der Waals surface area contributed by atoms with E-state index >= 15 is 0 Å². The van der Waals surface area contributed by atoms with Crippen LogP contribution < -0.4 is 5.32 Å². The first-order chi connectivity index (χ1) is 7.26. The molecule has 0 aliphatic rings. The minimum absolute atomic E-state index is 0.138. The summed E-state index contributed by atoms with van der Waals surface area (Å²) in [7, 11) is 1.90. The Kier molecular flexibility index (Phi) is 4.71. The molecule has 0 saturated heterocycles. The molecule has 5 heteroatoms. The second-order valence-corrected chi connectivity index (χ2v) is 3.80. The van der Waals surface area contributed by atoms with Gasteiger partial charge in [-0.25, -0.2) is 4.98 Å². The fourth-order valence-electron chi connectivity index (χ4n) is 1.68. The van der Waals surface area contributed by atoms with Crippen LogP contribution in [0, 0.1) is 0 Å². The molecule has 1 unspecified atom stereocenters. The lowest BCUT2D eigenvalue weighted by atomic mass is 9.91. The first kappa shape index (κ1) is 12.1. The molecule has 0 bridgehead atoms. The molecule has 0 aromatic carbocycles. The van der Waals surface area contributed by atoms with Crippen LogP contribution in [0.2, 0.25) is 0 Å². The predicted octanol–water partition coefficient (Wildman–Crippen LogP) is 0.419. The lowest BCUT2D eigenvalue weighted by molar-refractivity contribution is 0.150. The maximum atomic E-state index is 9.34. The number of aliphatic hydroxyl groups excluding tert-OH is 1. The molecule has 0 aliphatic carbocycles. The van der Waals surface area contributed by atoms with Gasteiger partial charge >= 0.3 is 0 Å². The Morgan fingerprint density at radius 3 is 2.80 bits per heavy atom. The van der Waals surface area contributed by atoms with Crippen molar-refractivity contribution in [3.63, 3.8) is 0 Å². The van der Waals surface area contributed by atoms with Crippen molar-refractivity contribution in [3.05, 3.63) is 12.7 Å². The Balaban J connectivity index is 2.34. The molecule has 0 spiro atoms. The summed E-state index contributed by atoms with van der Waals surface area (Å²) >= 11 is 0. The van der Waals surface area contributed by atoms with Crippen molar-refractivity contribution in [2.45, 2.75) is 38.3 Å². The lowest BCUT2D eigenvalue weighted by Gasteiger charge is -2.30. The fraction of sp³-hybridized carbons (Fsp3) is 0.800. The lowest BCUT2D eigenvalue weighted by Crippen LogP contribution is -2.46. The van der Waals surface area contributed by atoms with Crippen LogP contribution in [0.5, 0.6) is 0 Å². The van der Waals surface area contributed by atoms with E-state index in [0.29, 0.717) is 0 Å². The standard InChI is InChI=1S/C10H20N4O/c1-3-10(7-15,11-2)5-4-6-14-9-12-8-13-14/h8-9,11,15H,3-7H2,1-2H3. The van der Waals surface area contributed by atoms with Gasteiger partial charge in [-0.1, -0.05) is 6.92 Å². The van der Waals surface area contributed by atoms with E-state index in [4.69, 9.17) is 0 Å². The smallest absolute Gasteiger partial charge is 0.137 e. The van der Waals surface area contributed by atoms with E-state index in [9.17, 15) is 5.11 Å². The second kappa shape index (κ2) is 5.82. The van der Waals surface area contributed by atoms with Crippen molar-refractivity contribution in [1.29, 1.82) is 0 Å². The van der Waals surface area contributed by atoms with Crippen LogP contribution >= 0.6 is 0 Å². The van der Waals surface area contributed by atoms with Gasteiger partial charge in [0.05, 0.1) is 6.61 Å². The van der Waals surface area contributed by atoms with Gasteiger partial charge in [0, 0.05) is 12.1 Å². The van der Waals surface area contributed by atoms with Gasteiger partial charge in [-0.3, -0.25) is 4.68 Å². The number of aryl methyl sites for hydroxylation is 1. The Bertz CT molecular complexity index is 248.